The number of rotatable bonds is 7. The Hall–Kier alpha value is -4.00. The van der Waals surface area contributed by atoms with E-state index < -0.39 is 0 Å². The molecule has 31 heavy (non-hydrogen) atoms. The van der Waals surface area contributed by atoms with Gasteiger partial charge in [0.2, 0.25) is 5.88 Å². The van der Waals surface area contributed by atoms with Crippen LogP contribution < -0.4 is 10.1 Å². The quantitative estimate of drug-likeness (QED) is 0.599. The minimum atomic E-state index is -0.300. The monoisotopic (exact) mass is 415 g/mol. The van der Waals surface area contributed by atoms with Crippen molar-refractivity contribution in [2.24, 2.45) is 0 Å². The van der Waals surface area contributed by atoms with Crippen LogP contribution in [0.25, 0.3) is 0 Å². The molecule has 2 aromatic carbocycles. The highest BCUT2D eigenvalue weighted by molar-refractivity contribution is 6.21. The number of hydrogen-bond donors (Lipinski definition) is 1. The molecule has 2 heterocycles. The summed E-state index contributed by atoms with van der Waals surface area (Å²) in [5.41, 5.74) is 2.99. The van der Waals surface area contributed by atoms with Crippen molar-refractivity contribution in [2.45, 2.75) is 20.0 Å². The third-order valence-electron chi connectivity index (χ3n) is 4.98. The molecular formula is C24H21N3O4. The van der Waals surface area contributed by atoms with Gasteiger partial charge in [-0.2, -0.15) is 0 Å². The molecule has 1 N–H and O–H groups in total. The highest BCUT2D eigenvalue weighted by atomic mass is 16.5. The molecule has 3 amide bonds. The van der Waals surface area contributed by atoms with Gasteiger partial charge >= 0.3 is 0 Å². The molecule has 0 fully saturated rings. The van der Waals surface area contributed by atoms with Crippen molar-refractivity contribution in [2.75, 3.05) is 6.61 Å². The maximum Gasteiger partial charge on any atom is 0.261 e. The Morgan fingerprint density at radius 1 is 0.968 bits per heavy atom. The first-order valence-corrected chi connectivity index (χ1v) is 9.97. The van der Waals surface area contributed by atoms with Crippen LogP contribution >= 0.6 is 0 Å². The van der Waals surface area contributed by atoms with Gasteiger partial charge in [0.05, 0.1) is 24.3 Å². The molecule has 156 valence electrons. The fourth-order valence-corrected chi connectivity index (χ4v) is 3.40. The van der Waals surface area contributed by atoms with Crippen molar-refractivity contribution >= 4 is 17.7 Å². The van der Waals surface area contributed by atoms with Crippen molar-refractivity contribution in [3.63, 3.8) is 0 Å². The molecule has 0 saturated carbocycles. The molecular weight excluding hydrogens is 394 g/mol. The van der Waals surface area contributed by atoms with Crippen LogP contribution in [-0.4, -0.2) is 34.2 Å². The summed E-state index contributed by atoms with van der Waals surface area (Å²) in [6.07, 6.45) is 1.64. The lowest BCUT2D eigenvalue weighted by molar-refractivity contribution is 0.0641. The maximum atomic E-state index is 12.5. The van der Waals surface area contributed by atoms with E-state index in [4.69, 9.17) is 4.74 Å². The minimum absolute atomic E-state index is 0.158. The fraction of sp³-hybridized carbons (Fsp3) is 0.167. The topological polar surface area (TPSA) is 88.6 Å². The van der Waals surface area contributed by atoms with Crippen LogP contribution in [0, 0.1) is 0 Å². The predicted octanol–water partition coefficient (Wildman–Crippen LogP) is 3.21. The van der Waals surface area contributed by atoms with Gasteiger partial charge in [0.1, 0.15) is 0 Å². The Balaban J connectivity index is 1.37. The largest absolute Gasteiger partial charge is 0.478 e. The van der Waals surface area contributed by atoms with Crippen molar-refractivity contribution in [3.05, 3.63) is 94.7 Å². The summed E-state index contributed by atoms with van der Waals surface area (Å²) in [4.78, 5) is 42.8. The molecule has 1 aliphatic heterocycles. The predicted molar refractivity (Wildman–Crippen MR) is 114 cm³/mol. The first kappa shape index (κ1) is 20.3. The normalized spacial score (nSPS) is 12.6. The van der Waals surface area contributed by atoms with Crippen molar-refractivity contribution in [3.8, 4) is 5.88 Å². The van der Waals surface area contributed by atoms with Crippen LogP contribution in [0.2, 0.25) is 0 Å². The maximum absolute atomic E-state index is 12.5. The molecule has 1 aromatic heterocycles. The standard InChI is InChI=1S/C24H21N3O4/c1-2-31-21-13-17(11-12-25-21)14-26-22(28)18-9-7-16(8-10-18)15-27-23(29)19-5-3-4-6-20(19)24(27)30/h3-13H,2,14-15H2,1H3,(H,26,28). The summed E-state index contributed by atoms with van der Waals surface area (Å²) < 4.78 is 5.37. The molecule has 0 aliphatic carbocycles. The number of fused-ring (bicyclic) bond motifs is 1. The van der Waals surface area contributed by atoms with Crippen LogP contribution in [-0.2, 0) is 13.1 Å². The van der Waals surface area contributed by atoms with Crippen LogP contribution in [0.1, 0.15) is 49.1 Å². The lowest BCUT2D eigenvalue weighted by atomic mass is 10.1. The number of amides is 3. The lowest BCUT2D eigenvalue weighted by Crippen LogP contribution is -2.29. The van der Waals surface area contributed by atoms with Gasteiger partial charge in [-0.3, -0.25) is 19.3 Å². The van der Waals surface area contributed by atoms with E-state index in [0.717, 1.165) is 11.1 Å². The fourth-order valence-electron chi connectivity index (χ4n) is 3.40. The third-order valence-corrected chi connectivity index (χ3v) is 4.98. The lowest BCUT2D eigenvalue weighted by Gasteiger charge is -2.14. The summed E-state index contributed by atoms with van der Waals surface area (Å²) in [6.45, 7) is 2.91. The first-order valence-electron chi connectivity index (χ1n) is 9.97. The second-order valence-corrected chi connectivity index (χ2v) is 7.06. The highest BCUT2D eigenvalue weighted by Gasteiger charge is 2.34. The summed E-state index contributed by atoms with van der Waals surface area (Å²) in [6, 6.07) is 17.3. The molecule has 3 aromatic rings. The second kappa shape index (κ2) is 8.79. The summed E-state index contributed by atoms with van der Waals surface area (Å²) >= 11 is 0. The molecule has 0 bridgehead atoms. The Morgan fingerprint density at radius 3 is 2.29 bits per heavy atom. The molecule has 0 atom stereocenters. The van der Waals surface area contributed by atoms with Gasteiger partial charge < -0.3 is 10.1 Å². The number of benzene rings is 2. The highest BCUT2D eigenvalue weighted by Crippen LogP contribution is 2.24. The third kappa shape index (κ3) is 4.30. The van der Waals surface area contributed by atoms with Gasteiger partial charge in [-0.25, -0.2) is 4.98 Å². The number of carbonyl (C=O) groups excluding carboxylic acids is 3. The number of pyridine rings is 1. The summed E-state index contributed by atoms with van der Waals surface area (Å²) in [5.74, 6) is -0.300. The van der Waals surface area contributed by atoms with E-state index in [2.05, 4.69) is 10.3 Å². The molecule has 0 radical (unpaired) electrons. The van der Waals surface area contributed by atoms with E-state index in [1.807, 2.05) is 13.0 Å². The Bertz CT molecular complexity index is 1110. The number of imide groups is 1. The summed E-state index contributed by atoms with van der Waals surface area (Å²) in [7, 11) is 0. The van der Waals surface area contributed by atoms with Gasteiger partial charge in [0.25, 0.3) is 17.7 Å². The van der Waals surface area contributed by atoms with Crippen LogP contribution in [0.4, 0.5) is 0 Å². The van der Waals surface area contributed by atoms with Gasteiger partial charge in [-0.15, -0.1) is 0 Å². The summed E-state index contributed by atoms with van der Waals surface area (Å²) in [5, 5.41) is 2.86. The van der Waals surface area contributed by atoms with Gasteiger partial charge in [-0.05, 0) is 48.4 Å². The minimum Gasteiger partial charge on any atom is -0.478 e. The SMILES string of the molecule is CCOc1cc(CNC(=O)c2ccc(CN3C(=O)c4ccccc4C3=O)cc2)ccn1. The number of hydrogen-bond acceptors (Lipinski definition) is 5. The van der Waals surface area contributed by atoms with Crippen molar-refractivity contribution in [1.82, 2.24) is 15.2 Å². The molecule has 0 spiro atoms. The molecule has 0 unspecified atom stereocenters. The van der Waals surface area contributed by atoms with E-state index in [0.29, 0.717) is 35.7 Å². The Morgan fingerprint density at radius 2 is 1.65 bits per heavy atom. The van der Waals surface area contributed by atoms with Crippen molar-refractivity contribution in [1.29, 1.82) is 0 Å². The van der Waals surface area contributed by atoms with Crippen LogP contribution in [0.15, 0.2) is 66.9 Å². The molecule has 0 saturated heterocycles. The number of aromatic nitrogens is 1. The van der Waals surface area contributed by atoms with Gasteiger partial charge in [0.15, 0.2) is 0 Å². The number of ether oxygens (including phenoxy) is 1. The van der Waals surface area contributed by atoms with E-state index in [-0.39, 0.29) is 24.3 Å². The van der Waals surface area contributed by atoms with E-state index in [1.54, 1.807) is 60.8 Å². The van der Waals surface area contributed by atoms with Gasteiger partial charge in [-0.1, -0.05) is 24.3 Å². The van der Waals surface area contributed by atoms with Crippen LogP contribution in [0.5, 0.6) is 5.88 Å². The van der Waals surface area contributed by atoms with Crippen LogP contribution in [0.3, 0.4) is 0 Å². The van der Waals surface area contributed by atoms with E-state index in [1.165, 1.54) is 4.90 Å². The number of nitrogens with one attached hydrogen (secondary N) is 1. The average molecular weight is 415 g/mol. The average Bonchev–Trinajstić information content (AvgIpc) is 3.03. The molecule has 7 nitrogen and oxygen atoms in total. The smallest absolute Gasteiger partial charge is 0.261 e. The Kier molecular flexibility index (Phi) is 5.75. The zero-order valence-corrected chi connectivity index (χ0v) is 17.0. The van der Waals surface area contributed by atoms with E-state index >= 15 is 0 Å². The molecule has 4 rings (SSSR count). The zero-order chi connectivity index (χ0) is 21.8. The Labute approximate surface area is 179 Å². The second-order valence-electron chi connectivity index (χ2n) is 7.06. The van der Waals surface area contributed by atoms with E-state index in [9.17, 15) is 14.4 Å². The zero-order valence-electron chi connectivity index (χ0n) is 17.0. The van der Waals surface area contributed by atoms with Gasteiger partial charge in [0, 0.05) is 24.4 Å². The van der Waals surface area contributed by atoms with Crippen molar-refractivity contribution < 1.29 is 19.1 Å². The first-order chi connectivity index (χ1) is 15.1. The number of nitrogens with zero attached hydrogens (tertiary/aromatic N) is 2. The molecule has 7 heteroatoms. The molecule has 1 aliphatic rings. The number of carbonyl (C=O) groups is 3.